The van der Waals surface area contributed by atoms with Crippen molar-refractivity contribution in [1.82, 2.24) is 30.6 Å². The molecule has 2 aromatic carbocycles. The van der Waals surface area contributed by atoms with E-state index in [0.29, 0.717) is 35.7 Å². The molecule has 0 amide bonds. The van der Waals surface area contributed by atoms with Crippen molar-refractivity contribution in [2.24, 2.45) is 0 Å². The van der Waals surface area contributed by atoms with Gasteiger partial charge < -0.3 is 0 Å². The van der Waals surface area contributed by atoms with E-state index >= 15 is 0 Å². The number of rotatable bonds is 8. The molecule has 0 fully saturated rings. The molecular formula is C23H24N6O3S. The number of aromatic nitrogens is 6. The lowest BCUT2D eigenvalue weighted by atomic mass is 9.96. The third-order valence-corrected chi connectivity index (χ3v) is 6.16. The number of aromatic amines is 1. The first-order valence-corrected chi connectivity index (χ1v) is 12.1. The largest absolute Gasteiger partial charge is 0.312 e. The van der Waals surface area contributed by atoms with Crippen molar-refractivity contribution >= 4 is 10.1 Å². The Morgan fingerprint density at radius 1 is 1.00 bits per heavy atom. The first kappa shape index (κ1) is 22.7. The van der Waals surface area contributed by atoms with Gasteiger partial charge in [-0.3, -0.25) is 4.55 Å². The van der Waals surface area contributed by atoms with Gasteiger partial charge in [0.25, 0.3) is 0 Å². The molecule has 170 valence electrons. The lowest BCUT2D eigenvalue weighted by Crippen LogP contribution is -2.13. The Bertz CT molecular complexity index is 1350. The summed E-state index contributed by atoms with van der Waals surface area (Å²) in [6.45, 7) is 3.69. The van der Waals surface area contributed by atoms with Crippen LogP contribution in [-0.2, 0) is 23.0 Å². The number of unbranched alkanes of at least 4 members (excludes halogenated alkanes) is 1. The van der Waals surface area contributed by atoms with Crippen LogP contribution in [-0.4, -0.2) is 43.6 Å². The van der Waals surface area contributed by atoms with E-state index in [1.807, 2.05) is 48.5 Å². The van der Waals surface area contributed by atoms with Crippen LogP contribution in [0.4, 0.5) is 0 Å². The lowest BCUT2D eigenvalue weighted by molar-refractivity contribution is 0.476. The van der Waals surface area contributed by atoms with Crippen LogP contribution in [0.1, 0.15) is 42.4 Å². The highest BCUT2D eigenvalue weighted by Crippen LogP contribution is 2.30. The van der Waals surface area contributed by atoms with Crippen molar-refractivity contribution in [3.8, 4) is 22.5 Å². The zero-order valence-electron chi connectivity index (χ0n) is 18.4. The maximum Gasteiger partial charge on any atom is 0.312 e. The highest BCUT2D eigenvalue weighted by molar-refractivity contribution is 7.85. The Kier molecular flexibility index (Phi) is 6.57. The molecule has 2 N–H and O–H groups in total. The van der Waals surface area contributed by atoms with Crippen molar-refractivity contribution in [3.05, 3.63) is 71.2 Å². The maximum atomic E-state index is 12.1. The third-order valence-electron chi connectivity index (χ3n) is 5.34. The number of benzene rings is 2. The maximum absolute atomic E-state index is 12.1. The molecule has 0 radical (unpaired) electrons. The minimum atomic E-state index is -4.48. The van der Waals surface area contributed by atoms with Crippen LogP contribution in [0.15, 0.2) is 53.6 Å². The minimum absolute atomic E-state index is 0.293. The molecule has 0 aliphatic carbocycles. The minimum Gasteiger partial charge on any atom is -0.281 e. The molecule has 9 nitrogen and oxygen atoms in total. The van der Waals surface area contributed by atoms with Crippen molar-refractivity contribution < 1.29 is 13.0 Å². The number of hydrogen-bond acceptors (Lipinski definition) is 7. The average Bonchev–Trinajstić information content (AvgIpc) is 3.33. The molecular weight excluding hydrogens is 440 g/mol. The van der Waals surface area contributed by atoms with Gasteiger partial charge >= 0.3 is 10.1 Å². The number of aryl methyl sites for hydroxylation is 2. The average molecular weight is 465 g/mol. The zero-order chi connectivity index (χ0) is 23.4. The van der Waals surface area contributed by atoms with Gasteiger partial charge in [0, 0.05) is 23.2 Å². The van der Waals surface area contributed by atoms with E-state index in [2.05, 4.69) is 37.5 Å². The Hall–Kier alpha value is -3.50. The second-order valence-electron chi connectivity index (χ2n) is 7.73. The van der Waals surface area contributed by atoms with Crippen molar-refractivity contribution in [1.29, 1.82) is 0 Å². The van der Waals surface area contributed by atoms with Crippen LogP contribution >= 0.6 is 0 Å². The van der Waals surface area contributed by atoms with Crippen LogP contribution in [0.5, 0.6) is 0 Å². The Morgan fingerprint density at radius 2 is 1.73 bits per heavy atom. The molecule has 33 heavy (non-hydrogen) atoms. The zero-order valence-corrected chi connectivity index (χ0v) is 19.2. The van der Waals surface area contributed by atoms with E-state index in [-0.39, 0.29) is 5.03 Å². The van der Waals surface area contributed by atoms with Gasteiger partial charge in [0.2, 0.25) is 5.82 Å². The summed E-state index contributed by atoms with van der Waals surface area (Å²) in [5, 5.41) is 14.0. The molecule has 0 spiro atoms. The van der Waals surface area contributed by atoms with E-state index in [4.69, 9.17) is 0 Å². The van der Waals surface area contributed by atoms with Gasteiger partial charge in [-0.1, -0.05) is 61.9 Å². The first-order valence-electron chi connectivity index (χ1n) is 10.6. The fourth-order valence-electron chi connectivity index (χ4n) is 3.78. The number of tetrazole rings is 1. The van der Waals surface area contributed by atoms with E-state index in [1.165, 1.54) is 0 Å². The summed E-state index contributed by atoms with van der Waals surface area (Å²) in [5.41, 5.74) is 4.74. The monoisotopic (exact) mass is 464 g/mol. The topological polar surface area (TPSA) is 135 Å². The van der Waals surface area contributed by atoms with Crippen LogP contribution in [0.25, 0.3) is 22.5 Å². The molecule has 0 aliphatic rings. The van der Waals surface area contributed by atoms with E-state index in [9.17, 15) is 13.0 Å². The molecule has 4 aromatic rings. The highest BCUT2D eigenvalue weighted by atomic mass is 32.2. The second-order valence-corrected chi connectivity index (χ2v) is 9.07. The summed E-state index contributed by atoms with van der Waals surface area (Å²) >= 11 is 0. The van der Waals surface area contributed by atoms with Crippen molar-refractivity contribution in [2.75, 3.05) is 0 Å². The molecule has 0 bridgehead atoms. The summed E-state index contributed by atoms with van der Waals surface area (Å²) in [6, 6.07) is 15.5. The number of nitrogens with one attached hydrogen (secondary N) is 1. The molecule has 2 heterocycles. The predicted octanol–water partition coefficient (Wildman–Crippen LogP) is 3.81. The number of nitrogens with zero attached hydrogens (tertiary/aromatic N) is 5. The van der Waals surface area contributed by atoms with Crippen LogP contribution in [0.2, 0.25) is 0 Å². The third kappa shape index (κ3) is 5.12. The van der Waals surface area contributed by atoms with Gasteiger partial charge in [-0.2, -0.15) is 13.6 Å². The summed E-state index contributed by atoms with van der Waals surface area (Å²) in [5.74, 6) is 0.829. The van der Waals surface area contributed by atoms with Crippen LogP contribution in [0, 0.1) is 6.92 Å². The normalized spacial score (nSPS) is 11.6. The van der Waals surface area contributed by atoms with Crippen molar-refractivity contribution in [3.63, 3.8) is 0 Å². The molecule has 0 aliphatic heterocycles. The van der Waals surface area contributed by atoms with Crippen LogP contribution < -0.4 is 0 Å². The quantitative estimate of drug-likeness (QED) is 0.297. The SMILES string of the molecule is CCCCc1nc(C)nc(S(=O)(=O)O)c1Cc1ccc(-c2ccccc2-c2nn[nH]n2)cc1. The van der Waals surface area contributed by atoms with Gasteiger partial charge in [0.05, 0.1) is 0 Å². The van der Waals surface area contributed by atoms with Gasteiger partial charge in [0.1, 0.15) is 5.82 Å². The molecule has 4 rings (SSSR count). The van der Waals surface area contributed by atoms with Gasteiger partial charge in [-0.15, -0.1) is 10.2 Å². The Labute approximate surface area is 192 Å². The summed E-state index contributed by atoms with van der Waals surface area (Å²) < 4.78 is 33.9. The molecule has 0 saturated heterocycles. The summed E-state index contributed by atoms with van der Waals surface area (Å²) in [6.07, 6.45) is 2.72. The molecule has 0 atom stereocenters. The fraction of sp³-hybridized carbons (Fsp3) is 0.261. The Morgan fingerprint density at radius 3 is 2.36 bits per heavy atom. The lowest BCUT2D eigenvalue weighted by Gasteiger charge is -2.14. The molecule has 0 unspecified atom stereocenters. The highest BCUT2D eigenvalue weighted by Gasteiger charge is 2.22. The second kappa shape index (κ2) is 9.55. The number of hydrogen-bond donors (Lipinski definition) is 2. The van der Waals surface area contributed by atoms with Crippen molar-refractivity contribution in [2.45, 2.75) is 44.6 Å². The molecule has 2 aromatic heterocycles. The molecule has 0 saturated carbocycles. The summed E-state index contributed by atoms with van der Waals surface area (Å²) in [7, 11) is -4.48. The van der Waals surface area contributed by atoms with Gasteiger partial charge in [-0.05, 0) is 41.7 Å². The van der Waals surface area contributed by atoms with E-state index in [1.54, 1.807) is 6.92 Å². The Balaban J connectivity index is 1.70. The number of H-pyrrole nitrogens is 1. The smallest absolute Gasteiger partial charge is 0.281 e. The fourth-order valence-corrected chi connectivity index (χ4v) is 4.53. The van der Waals surface area contributed by atoms with E-state index < -0.39 is 10.1 Å². The van der Waals surface area contributed by atoms with Gasteiger partial charge in [-0.25, -0.2) is 9.97 Å². The summed E-state index contributed by atoms with van der Waals surface area (Å²) in [4.78, 5) is 8.52. The van der Waals surface area contributed by atoms with Crippen LogP contribution in [0.3, 0.4) is 0 Å². The standard InChI is InChI=1S/C23H24N6O3S/c1-3-4-9-21-20(23(33(30,31)32)25-15(2)24-21)14-16-10-12-17(13-11-16)18-7-5-6-8-19(18)22-26-28-29-27-22/h5-8,10-13H,3-4,9,14H2,1-2H3,(H,30,31,32)(H,26,27,28,29). The predicted molar refractivity (Wildman–Crippen MR) is 123 cm³/mol. The first-order chi connectivity index (χ1) is 15.9. The van der Waals surface area contributed by atoms with E-state index in [0.717, 1.165) is 35.1 Å². The van der Waals surface area contributed by atoms with Gasteiger partial charge in [0.15, 0.2) is 5.03 Å². The molecule has 10 heteroatoms.